The van der Waals surface area contributed by atoms with Gasteiger partial charge in [-0.05, 0) is 36.1 Å². The van der Waals surface area contributed by atoms with E-state index in [-0.39, 0.29) is 11.9 Å². The average molecular weight is 450 g/mol. The lowest BCUT2D eigenvalue weighted by Crippen LogP contribution is -2.32. The molecule has 3 heterocycles. The van der Waals surface area contributed by atoms with Crippen LogP contribution in [-0.2, 0) is 11.3 Å². The number of amides is 1. The predicted molar refractivity (Wildman–Crippen MR) is 124 cm³/mol. The lowest BCUT2D eigenvalue weighted by atomic mass is 10.0. The highest BCUT2D eigenvalue weighted by Gasteiger charge is 2.31. The summed E-state index contributed by atoms with van der Waals surface area (Å²) in [5.74, 6) is 2.12. The Balaban J connectivity index is 1.24. The number of hydrogen-bond donors (Lipinski definition) is 0. The first kappa shape index (κ1) is 20.9. The number of benzene rings is 2. The molecule has 0 aliphatic carbocycles. The van der Waals surface area contributed by atoms with Gasteiger partial charge in [0.05, 0.1) is 25.0 Å². The van der Waals surface area contributed by atoms with E-state index in [1.165, 1.54) is 17.3 Å². The van der Waals surface area contributed by atoms with Crippen molar-refractivity contribution in [2.75, 3.05) is 25.5 Å². The second-order valence-corrected chi connectivity index (χ2v) is 9.06. The second-order valence-electron chi connectivity index (χ2n) is 8.11. The molecule has 1 amide bonds. The summed E-state index contributed by atoms with van der Waals surface area (Å²) in [5.41, 5.74) is 2.34. The van der Waals surface area contributed by atoms with Crippen LogP contribution in [-0.4, -0.2) is 45.9 Å². The molecule has 2 aromatic carbocycles. The summed E-state index contributed by atoms with van der Waals surface area (Å²) in [6.07, 6.45) is 6.63. The Labute approximate surface area is 192 Å². The van der Waals surface area contributed by atoms with E-state index in [2.05, 4.69) is 33.8 Å². The van der Waals surface area contributed by atoms with Crippen molar-refractivity contribution in [3.05, 3.63) is 72.1 Å². The molecule has 1 atom stereocenters. The highest BCUT2D eigenvalue weighted by Crippen LogP contribution is 2.38. The molecule has 2 aliphatic rings. The number of ether oxygens (including phenoxy) is 2. The van der Waals surface area contributed by atoms with Crippen LogP contribution in [0, 0.1) is 0 Å². The third-order valence-corrected chi connectivity index (χ3v) is 6.92. The van der Waals surface area contributed by atoms with Gasteiger partial charge in [-0.3, -0.25) is 4.79 Å². The van der Waals surface area contributed by atoms with Gasteiger partial charge in [0.2, 0.25) is 5.91 Å². The third kappa shape index (κ3) is 4.63. The summed E-state index contributed by atoms with van der Waals surface area (Å²) >= 11 is 1.51. The molecular formula is C25H27N3O3S. The van der Waals surface area contributed by atoms with Gasteiger partial charge in [0.25, 0.3) is 0 Å². The van der Waals surface area contributed by atoms with Crippen LogP contribution in [0.1, 0.15) is 36.4 Å². The Kier molecular flexibility index (Phi) is 6.34. The Morgan fingerprint density at radius 3 is 2.78 bits per heavy atom. The van der Waals surface area contributed by atoms with Crippen LogP contribution in [0.5, 0.6) is 11.5 Å². The van der Waals surface area contributed by atoms with Crippen molar-refractivity contribution < 1.29 is 14.3 Å². The third-order valence-electron chi connectivity index (χ3n) is 5.93. The van der Waals surface area contributed by atoms with E-state index in [1.807, 2.05) is 35.4 Å². The topological polar surface area (TPSA) is 56.6 Å². The minimum atomic E-state index is 0.0873. The van der Waals surface area contributed by atoms with Gasteiger partial charge >= 0.3 is 0 Å². The number of carbonyl (C=O) groups is 1. The molecular weight excluding hydrogens is 422 g/mol. The van der Waals surface area contributed by atoms with Gasteiger partial charge in [0, 0.05) is 31.9 Å². The minimum Gasteiger partial charge on any atom is -0.490 e. The quantitative estimate of drug-likeness (QED) is 0.517. The van der Waals surface area contributed by atoms with E-state index in [9.17, 15) is 4.79 Å². The molecule has 2 aliphatic heterocycles. The maximum Gasteiger partial charge on any atom is 0.233 e. The number of thioether (sulfide) groups is 1. The first-order chi connectivity index (χ1) is 15.8. The number of nitrogens with zero attached hydrogens (tertiary/aromatic N) is 3. The van der Waals surface area contributed by atoms with Crippen LogP contribution in [0.2, 0.25) is 0 Å². The minimum absolute atomic E-state index is 0.0873. The number of hydrogen-bond acceptors (Lipinski definition) is 5. The van der Waals surface area contributed by atoms with Crippen LogP contribution in [0.4, 0.5) is 0 Å². The maximum atomic E-state index is 13.1. The van der Waals surface area contributed by atoms with E-state index in [4.69, 9.17) is 9.47 Å². The standard InChI is InChI=1S/C25H27N3O3S/c29-24(18-32-25-26-11-13-27(25)17-19-6-2-1-3-7-19)28-12-4-8-21(28)20-9-10-22-23(16-20)31-15-5-14-30-22/h1-3,6-7,9-11,13,16,21H,4-5,8,12,14-15,17-18H2/t21-/m1/s1. The first-order valence-electron chi connectivity index (χ1n) is 11.1. The zero-order chi connectivity index (χ0) is 21.8. The number of carbonyl (C=O) groups excluding carboxylic acids is 1. The molecule has 1 saturated heterocycles. The zero-order valence-corrected chi connectivity index (χ0v) is 18.8. The molecule has 0 N–H and O–H groups in total. The van der Waals surface area contributed by atoms with E-state index in [1.54, 1.807) is 6.20 Å². The summed E-state index contributed by atoms with van der Waals surface area (Å²) in [4.78, 5) is 19.6. The fraction of sp³-hybridized carbons (Fsp3) is 0.360. The van der Waals surface area contributed by atoms with E-state index >= 15 is 0 Å². The van der Waals surface area contributed by atoms with Crippen LogP contribution >= 0.6 is 11.8 Å². The number of likely N-dealkylation sites (tertiary alicyclic amines) is 1. The fourth-order valence-corrected chi connectivity index (χ4v) is 5.19. The van der Waals surface area contributed by atoms with Gasteiger partial charge in [-0.25, -0.2) is 4.98 Å². The largest absolute Gasteiger partial charge is 0.490 e. The summed E-state index contributed by atoms with van der Waals surface area (Å²) in [5, 5.41) is 0.869. The molecule has 3 aromatic rings. The normalized spacial score (nSPS) is 17.9. The molecule has 0 bridgehead atoms. The zero-order valence-electron chi connectivity index (χ0n) is 18.0. The second kappa shape index (κ2) is 9.69. The van der Waals surface area contributed by atoms with Gasteiger partial charge in [0.15, 0.2) is 16.7 Å². The Bertz CT molecular complexity index is 1070. The monoisotopic (exact) mass is 449 g/mol. The van der Waals surface area contributed by atoms with Crippen molar-refractivity contribution in [2.45, 2.75) is 37.0 Å². The van der Waals surface area contributed by atoms with Gasteiger partial charge in [-0.2, -0.15) is 0 Å². The van der Waals surface area contributed by atoms with Crippen molar-refractivity contribution in [1.29, 1.82) is 0 Å². The number of rotatable bonds is 6. The van der Waals surface area contributed by atoms with Crippen molar-refractivity contribution in [2.24, 2.45) is 0 Å². The fourth-order valence-electron chi connectivity index (χ4n) is 4.34. The van der Waals surface area contributed by atoms with E-state index < -0.39 is 0 Å². The predicted octanol–water partition coefficient (Wildman–Crippen LogP) is 4.55. The lowest BCUT2D eigenvalue weighted by molar-refractivity contribution is -0.129. The molecule has 7 heteroatoms. The molecule has 0 unspecified atom stereocenters. The summed E-state index contributed by atoms with van der Waals surface area (Å²) < 4.78 is 13.7. The van der Waals surface area contributed by atoms with Gasteiger partial charge in [-0.15, -0.1) is 0 Å². The SMILES string of the molecule is O=C(CSc1nccn1Cc1ccccc1)N1CCC[C@@H]1c1ccc2c(c1)OCCCO2. The van der Waals surface area contributed by atoms with Crippen LogP contribution in [0.15, 0.2) is 66.1 Å². The van der Waals surface area contributed by atoms with Crippen LogP contribution < -0.4 is 9.47 Å². The van der Waals surface area contributed by atoms with Crippen molar-refractivity contribution in [1.82, 2.24) is 14.5 Å². The Morgan fingerprint density at radius 2 is 1.91 bits per heavy atom. The van der Waals surface area contributed by atoms with Gasteiger partial charge in [-0.1, -0.05) is 48.2 Å². The Hall–Kier alpha value is -2.93. The number of fused-ring (bicyclic) bond motifs is 1. The summed E-state index contributed by atoms with van der Waals surface area (Å²) in [7, 11) is 0. The van der Waals surface area contributed by atoms with Crippen LogP contribution in [0.25, 0.3) is 0 Å². The highest BCUT2D eigenvalue weighted by atomic mass is 32.2. The molecule has 32 heavy (non-hydrogen) atoms. The van der Waals surface area contributed by atoms with Crippen molar-refractivity contribution in [3.63, 3.8) is 0 Å². The maximum absolute atomic E-state index is 13.1. The van der Waals surface area contributed by atoms with E-state index in [0.717, 1.165) is 54.6 Å². The highest BCUT2D eigenvalue weighted by molar-refractivity contribution is 7.99. The first-order valence-corrected chi connectivity index (χ1v) is 12.1. The smallest absolute Gasteiger partial charge is 0.233 e. The Morgan fingerprint density at radius 1 is 1.06 bits per heavy atom. The van der Waals surface area contributed by atoms with Crippen molar-refractivity contribution >= 4 is 17.7 Å². The molecule has 166 valence electrons. The molecule has 0 radical (unpaired) electrons. The molecule has 6 nitrogen and oxygen atoms in total. The van der Waals surface area contributed by atoms with Gasteiger partial charge < -0.3 is 18.9 Å². The molecule has 0 spiro atoms. The van der Waals surface area contributed by atoms with E-state index in [0.29, 0.717) is 19.0 Å². The van der Waals surface area contributed by atoms with Crippen molar-refractivity contribution in [3.8, 4) is 11.5 Å². The lowest BCUT2D eigenvalue weighted by Gasteiger charge is -2.25. The average Bonchev–Trinajstić information content (AvgIpc) is 3.42. The molecule has 0 saturated carbocycles. The molecule has 1 fully saturated rings. The number of aromatic nitrogens is 2. The summed E-state index contributed by atoms with van der Waals surface area (Å²) in [6, 6.07) is 16.5. The van der Waals surface area contributed by atoms with Crippen LogP contribution in [0.3, 0.4) is 0 Å². The molecule has 1 aromatic heterocycles. The molecule has 5 rings (SSSR count). The summed E-state index contributed by atoms with van der Waals surface area (Å²) in [6.45, 7) is 2.88. The van der Waals surface area contributed by atoms with Gasteiger partial charge in [0.1, 0.15) is 0 Å². The number of imidazole rings is 1.